The van der Waals surface area contributed by atoms with E-state index in [4.69, 9.17) is 0 Å². The maximum Gasteiger partial charge on any atom is 0.217 e. The SMILES string of the molecule is CCCCC(CCC)N(C(C)C)S(=O)(=O)C(CCC)CCCC. The summed E-state index contributed by atoms with van der Waals surface area (Å²) in [5.41, 5.74) is 0. The van der Waals surface area contributed by atoms with Crippen molar-refractivity contribution < 1.29 is 8.42 Å². The van der Waals surface area contributed by atoms with E-state index in [1.807, 2.05) is 18.2 Å². The standard InChI is InChI=1S/C19H41NO2S/c1-7-11-15-18(13-9-3)20(17(5)6)23(21,22)19(14-10-4)16-12-8-2/h17-19H,7-16H2,1-6H3. The van der Waals surface area contributed by atoms with Gasteiger partial charge in [0.2, 0.25) is 10.0 Å². The first-order chi connectivity index (χ1) is 10.9. The van der Waals surface area contributed by atoms with E-state index < -0.39 is 10.0 Å². The zero-order valence-corrected chi connectivity index (χ0v) is 17.3. The van der Waals surface area contributed by atoms with Crippen LogP contribution in [0.2, 0.25) is 0 Å². The van der Waals surface area contributed by atoms with Crippen LogP contribution in [0.5, 0.6) is 0 Å². The Balaban J connectivity index is 5.47. The third kappa shape index (κ3) is 7.55. The monoisotopic (exact) mass is 347 g/mol. The van der Waals surface area contributed by atoms with E-state index in [9.17, 15) is 8.42 Å². The van der Waals surface area contributed by atoms with Crippen LogP contribution >= 0.6 is 0 Å². The van der Waals surface area contributed by atoms with E-state index in [0.29, 0.717) is 0 Å². The van der Waals surface area contributed by atoms with Gasteiger partial charge in [-0.05, 0) is 39.5 Å². The van der Waals surface area contributed by atoms with Gasteiger partial charge in [-0.15, -0.1) is 0 Å². The van der Waals surface area contributed by atoms with Gasteiger partial charge in [0.1, 0.15) is 0 Å². The zero-order chi connectivity index (χ0) is 17.9. The van der Waals surface area contributed by atoms with Gasteiger partial charge >= 0.3 is 0 Å². The van der Waals surface area contributed by atoms with Crippen LogP contribution in [0, 0.1) is 0 Å². The van der Waals surface area contributed by atoms with Crippen LogP contribution in [0.3, 0.4) is 0 Å². The average molecular weight is 348 g/mol. The second kappa shape index (κ2) is 12.3. The van der Waals surface area contributed by atoms with Crippen molar-refractivity contribution in [1.82, 2.24) is 4.31 Å². The highest BCUT2D eigenvalue weighted by atomic mass is 32.2. The summed E-state index contributed by atoms with van der Waals surface area (Å²) in [5.74, 6) is 0. The summed E-state index contributed by atoms with van der Waals surface area (Å²) in [4.78, 5) is 0. The molecule has 0 aliphatic rings. The van der Waals surface area contributed by atoms with Crippen LogP contribution in [-0.4, -0.2) is 30.1 Å². The Bertz CT molecular complexity index is 379. The Morgan fingerprint density at radius 3 is 1.70 bits per heavy atom. The van der Waals surface area contributed by atoms with Gasteiger partial charge in [-0.2, -0.15) is 4.31 Å². The smallest absolute Gasteiger partial charge is 0.212 e. The molecular weight excluding hydrogens is 306 g/mol. The fourth-order valence-electron chi connectivity index (χ4n) is 3.46. The summed E-state index contributed by atoms with van der Waals surface area (Å²) < 4.78 is 28.6. The first-order valence-electron chi connectivity index (χ1n) is 9.88. The molecule has 0 spiro atoms. The Hall–Kier alpha value is -0.0900. The van der Waals surface area contributed by atoms with Crippen molar-refractivity contribution in [2.24, 2.45) is 0 Å². The van der Waals surface area contributed by atoms with E-state index in [2.05, 4.69) is 27.7 Å². The van der Waals surface area contributed by atoms with Crippen molar-refractivity contribution >= 4 is 10.0 Å². The van der Waals surface area contributed by atoms with Gasteiger partial charge in [-0.1, -0.05) is 66.2 Å². The van der Waals surface area contributed by atoms with Crippen LogP contribution in [0.15, 0.2) is 0 Å². The van der Waals surface area contributed by atoms with Crippen LogP contribution in [0.4, 0.5) is 0 Å². The lowest BCUT2D eigenvalue weighted by molar-refractivity contribution is 0.239. The van der Waals surface area contributed by atoms with E-state index in [-0.39, 0.29) is 17.3 Å². The van der Waals surface area contributed by atoms with Crippen molar-refractivity contribution in [1.29, 1.82) is 0 Å². The largest absolute Gasteiger partial charge is 0.217 e. The molecule has 0 fully saturated rings. The topological polar surface area (TPSA) is 37.4 Å². The molecule has 140 valence electrons. The molecule has 0 aromatic carbocycles. The predicted molar refractivity (Wildman–Crippen MR) is 102 cm³/mol. The van der Waals surface area contributed by atoms with Gasteiger partial charge in [-0.25, -0.2) is 8.42 Å². The number of nitrogens with zero attached hydrogens (tertiary/aromatic N) is 1. The second-order valence-electron chi connectivity index (χ2n) is 7.11. The number of hydrogen-bond acceptors (Lipinski definition) is 2. The predicted octanol–water partition coefficient (Wildman–Crippen LogP) is 5.74. The Kier molecular flexibility index (Phi) is 12.2. The molecule has 0 bridgehead atoms. The van der Waals surface area contributed by atoms with Crippen LogP contribution in [0.1, 0.15) is 106 Å². The highest BCUT2D eigenvalue weighted by Crippen LogP contribution is 2.27. The van der Waals surface area contributed by atoms with E-state index in [0.717, 1.165) is 64.2 Å². The number of sulfonamides is 1. The molecule has 0 aliphatic carbocycles. The third-order valence-corrected chi connectivity index (χ3v) is 7.21. The summed E-state index contributed by atoms with van der Waals surface area (Å²) >= 11 is 0. The number of unbranched alkanes of at least 4 members (excludes halogenated alkanes) is 2. The van der Waals surface area contributed by atoms with Crippen molar-refractivity contribution in [3.63, 3.8) is 0 Å². The Labute approximate surface area is 146 Å². The molecule has 0 aromatic rings. The minimum atomic E-state index is -3.22. The van der Waals surface area contributed by atoms with Crippen molar-refractivity contribution in [2.45, 2.75) is 123 Å². The lowest BCUT2D eigenvalue weighted by Crippen LogP contribution is -2.49. The minimum absolute atomic E-state index is 0.0504. The fraction of sp³-hybridized carbons (Fsp3) is 1.00. The molecule has 0 saturated heterocycles. The van der Waals surface area contributed by atoms with Crippen molar-refractivity contribution in [3.05, 3.63) is 0 Å². The molecule has 0 radical (unpaired) electrons. The molecule has 0 rings (SSSR count). The normalized spacial score (nSPS) is 15.3. The molecule has 0 saturated carbocycles. The first-order valence-corrected chi connectivity index (χ1v) is 11.4. The molecule has 0 aromatic heterocycles. The molecule has 0 N–H and O–H groups in total. The van der Waals surface area contributed by atoms with Crippen molar-refractivity contribution in [3.8, 4) is 0 Å². The van der Waals surface area contributed by atoms with Gasteiger partial charge in [0.25, 0.3) is 0 Å². The lowest BCUT2D eigenvalue weighted by Gasteiger charge is -2.37. The van der Waals surface area contributed by atoms with Crippen LogP contribution in [0.25, 0.3) is 0 Å². The number of rotatable bonds is 14. The molecule has 0 aliphatic heterocycles. The van der Waals surface area contributed by atoms with Gasteiger partial charge in [0.15, 0.2) is 0 Å². The fourth-order valence-corrected chi connectivity index (χ4v) is 6.02. The molecule has 0 heterocycles. The average Bonchev–Trinajstić information content (AvgIpc) is 2.48. The molecule has 2 atom stereocenters. The molecular formula is C19H41NO2S. The Morgan fingerprint density at radius 2 is 1.26 bits per heavy atom. The summed E-state index contributed by atoms with van der Waals surface area (Å²) in [6.07, 6.45) is 9.85. The summed E-state index contributed by atoms with van der Waals surface area (Å²) in [5, 5.41) is -0.198. The second-order valence-corrected chi connectivity index (χ2v) is 9.22. The summed E-state index contributed by atoms with van der Waals surface area (Å²) in [6.45, 7) is 12.6. The van der Waals surface area contributed by atoms with Gasteiger partial charge in [-0.3, -0.25) is 0 Å². The maximum absolute atomic E-state index is 13.4. The highest BCUT2D eigenvalue weighted by molar-refractivity contribution is 7.89. The minimum Gasteiger partial charge on any atom is -0.212 e. The van der Waals surface area contributed by atoms with E-state index in [1.54, 1.807) is 0 Å². The summed E-state index contributed by atoms with van der Waals surface area (Å²) in [7, 11) is -3.22. The van der Waals surface area contributed by atoms with E-state index in [1.165, 1.54) is 0 Å². The van der Waals surface area contributed by atoms with E-state index >= 15 is 0 Å². The van der Waals surface area contributed by atoms with Gasteiger partial charge < -0.3 is 0 Å². The molecule has 23 heavy (non-hydrogen) atoms. The number of hydrogen-bond donors (Lipinski definition) is 0. The Morgan fingerprint density at radius 1 is 0.739 bits per heavy atom. The lowest BCUT2D eigenvalue weighted by atomic mass is 10.0. The quantitative estimate of drug-likeness (QED) is 0.401. The third-order valence-electron chi connectivity index (χ3n) is 4.59. The van der Waals surface area contributed by atoms with Crippen molar-refractivity contribution in [2.75, 3.05) is 0 Å². The summed E-state index contributed by atoms with van der Waals surface area (Å²) in [6, 6.07) is 0.223. The van der Waals surface area contributed by atoms with Crippen LogP contribution < -0.4 is 0 Å². The highest BCUT2D eigenvalue weighted by Gasteiger charge is 2.36. The van der Waals surface area contributed by atoms with Crippen LogP contribution in [-0.2, 0) is 10.0 Å². The zero-order valence-electron chi connectivity index (χ0n) is 16.5. The van der Waals surface area contributed by atoms with Gasteiger partial charge in [0, 0.05) is 12.1 Å². The molecule has 4 heteroatoms. The molecule has 2 unspecified atom stereocenters. The maximum atomic E-state index is 13.4. The molecule has 0 amide bonds. The van der Waals surface area contributed by atoms with Gasteiger partial charge in [0.05, 0.1) is 5.25 Å². The molecule has 3 nitrogen and oxygen atoms in total. The first kappa shape index (κ1) is 22.9.